The van der Waals surface area contributed by atoms with Gasteiger partial charge in [0.15, 0.2) is 0 Å². The van der Waals surface area contributed by atoms with Crippen LogP contribution in [0.15, 0.2) is 12.1 Å². The average Bonchev–Trinajstić information content (AvgIpc) is 2.23. The molecule has 90 valence electrons. The Balaban J connectivity index is 2.75. The Kier molecular flexibility index (Phi) is 5.36. The van der Waals surface area contributed by atoms with Gasteiger partial charge in [-0.25, -0.2) is 0 Å². The highest BCUT2D eigenvalue weighted by atomic mass is 32.2. The van der Waals surface area contributed by atoms with Gasteiger partial charge in [0.25, 0.3) is 0 Å². The molecule has 0 aliphatic carbocycles. The zero-order chi connectivity index (χ0) is 12.1. The SMILES string of the molecule is CCSCCC(O)c1cc(C)c(C)cc1C. The molecule has 1 aromatic rings. The van der Waals surface area contributed by atoms with Gasteiger partial charge in [0, 0.05) is 0 Å². The normalized spacial score (nSPS) is 12.8. The third-order valence-electron chi connectivity index (χ3n) is 2.98. The third-order valence-corrected chi connectivity index (χ3v) is 3.91. The standard InChI is InChI=1S/C14H22OS/c1-5-16-7-6-14(15)13-9-11(3)10(2)8-12(13)4/h8-9,14-15H,5-7H2,1-4H3. The zero-order valence-corrected chi connectivity index (χ0v) is 11.5. The molecule has 0 fully saturated rings. The van der Waals surface area contributed by atoms with Crippen LogP contribution in [0, 0.1) is 20.8 Å². The summed E-state index contributed by atoms with van der Waals surface area (Å²) >= 11 is 1.88. The lowest BCUT2D eigenvalue weighted by Crippen LogP contribution is -2.03. The van der Waals surface area contributed by atoms with Crippen molar-refractivity contribution in [3.63, 3.8) is 0 Å². The van der Waals surface area contributed by atoms with Gasteiger partial charge in [-0.05, 0) is 61.0 Å². The summed E-state index contributed by atoms with van der Waals surface area (Å²) in [5.74, 6) is 2.16. The van der Waals surface area contributed by atoms with Crippen molar-refractivity contribution >= 4 is 11.8 Å². The van der Waals surface area contributed by atoms with Gasteiger partial charge in [0.05, 0.1) is 6.10 Å². The molecule has 1 N–H and O–H groups in total. The Hall–Kier alpha value is -0.470. The fourth-order valence-electron chi connectivity index (χ4n) is 1.84. The van der Waals surface area contributed by atoms with Gasteiger partial charge in [-0.2, -0.15) is 11.8 Å². The summed E-state index contributed by atoms with van der Waals surface area (Å²) in [6.07, 6.45) is 0.542. The maximum absolute atomic E-state index is 10.1. The number of hydrogen-bond donors (Lipinski definition) is 1. The number of hydrogen-bond acceptors (Lipinski definition) is 2. The molecule has 16 heavy (non-hydrogen) atoms. The lowest BCUT2D eigenvalue weighted by atomic mass is 9.96. The van der Waals surface area contributed by atoms with Crippen molar-refractivity contribution in [1.29, 1.82) is 0 Å². The molecule has 1 nitrogen and oxygen atoms in total. The molecule has 0 bridgehead atoms. The van der Waals surface area contributed by atoms with E-state index in [1.54, 1.807) is 0 Å². The Morgan fingerprint density at radius 3 is 2.38 bits per heavy atom. The van der Waals surface area contributed by atoms with Crippen LogP contribution in [0.1, 0.15) is 41.7 Å². The van der Waals surface area contributed by atoms with E-state index in [-0.39, 0.29) is 6.10 Å². The minimum Gasteiger partial charge on any atom is -0.388 e. The van der Waals surface area contributed by atoms with Crippen molar-refractivity contribution in [2.75, 3.05) is 11.5 Å². The molecule has 1 rings (SSSR count). The highest BCUT2D eigenvalue weighted by Crippen LogP contribution is 2.25. The Morgan fingerprint density at radius 2 is 1.75 bits per heavy atom. The van der Waals surface area contributed by atoms with Crippen LogP contribution in [0.5, 0.6) is 0 Å². The van der Waals surface area contributed by atoms with Gasteiger partial charge in [-0.15, -0.1) is 0 Å². The van der Waals surface area contributed by atoms with Crippen LogP contribution in [0.4, 0.5) is 0 Å². The van der Waals surface area contributed by atoms with Gasteiger partial charge in [0.1, 0.15) is 0 Å². The zero-order valence-electron chi connectivity index (χ0n) is 10.7. The van der Waals surface area contributed by atoms with Gasteiger partial charge in [0.2, 0.25) is 0 Å². The van der Waals surface area contributed by atoms with E-state index in [0.29, 0.717) is 0 Å². The number of rotatable bonds is 5. The first-order valence-electron chi connectivity index (χ1n) is 5.89. The third kappa shape index (κ3) is 3.53. The molecule has 1 aromatic carbocycles. The van der Waals surface area contributed by atoms with Crippen molar-refractivity contribution in [1.82, 2.24) is 0 Å². The molecule has 1 atom stereocenters. The van der Waals surface area contributed by atoms with E-state index < -0.39 is 0 Å². The molecule has 0 aliphatic heterocycles. The van der Waals surface area contributed by atoms with E-state index in [1.807, 2.05) is 11.8 Å². The topological polar surface area (TPSA) is 20.2 Å². The molecule has 0 aliphatic rings. The molecule has 0 heterocycles. The molecule has 0 radical (unpaired) electrons. The summed E-state index contributed by atoms with van der Waals surface area (Å²) in [7, 11) is 0. The van der Waals surface area contributed by atoms with Crippen LogP contribution >= 0.6 is 11.8 Å². The summed E-state index contributed by atoms with van der Waals surface area (Å²) in [6, 6.07) is 4.30. The molecule has 2 heteroatoms. The molecule has 0 saturated heterocycles. The Bertz CT molecular complexity index is 347. The first-order chi connectivity index (χ1) is 7.56. The van der Waals surface area contributed by atoms with Gasteiger partial charge in [-0.1, -0.05) is 19.1 Å². The van der Waals surface area contributed by atoms with Crippen LogP contribution in [0.25, 0.3) is 0 Å². The van der Waals surface area contributed by atoms with Crippen molar-refractivity contribution in [3.8, 4) is 0 Å². The van der Waals surface area contributed by atoms with E-state index in [2.05, 4.69) is 39.8 Å². The van der Waals surface area contributed by atoms with Crippen LogP contribution < -0.4 is 0 Å². The summed E-state index contributed by atoms with van der Waals surface area (Å²) < 4.78 is 0. The maximum Gasteiger partial charge on any atom is 0.0800 e. The van der Waals surface area contributed by atoms with Crippen molar-refractivity contribution in [2.24, 2.45) is 0 Å². The van der Waals surface area contributed by atoms with Crippen LogP contribution in [0.3, 0.4) is 0 Å². The van der Waals surface area contributed by atoms with Gasteiger partial charge < -0.3 is 5.11 Å². The summed E-state index contributed by atoms with van der Waals surface area (Å²) in [4.78, 5) is 0. The fourth-order valence-corrected chi connectivity index (χ4v) is 2.52. The summed E-state index contributed by atoms with van der Waals surface area (Å²) in [6.45, 7) is 8.45. The second kappa shape index (κ2) is 6.31. The van der Waals surface area contributed by atoms with Crippen LogP contribution in [-0.2, 0) is 0 Å². The predicted octanol–water partition coefficient (Wildman–Crippen LogP) is 3.79. The second-order valence-corrected chi connectivity index (χ2v) is 5.69. The van der Waals surface area contributed by atoms with E-state index in [0.717, 1.165) is 23.5 Å². The number of aryl methyl sites for hydroxylation is 3. The first kappa shape index (κ1) is 13.6. The smallest absolute Gasteiger partial charge is 0.0800 e. The van der Waals surface area contributed by atoms with E-state index in [9.17, 15) is 5.11 Å². The molecule has 1 unspecified atom stereocenters. The predicted molar refractivity (Wildman–Crippen MR) is 73.2 cm³/mol. The van der Waals surface area contributed by atoms with E-state index in [4.69, 9.17) is 0 Å². The highest BCUT2D eigenvalue weighted by Gasteiger charge is 2.11. The second-order valence-electron chi connectivity index (χ2n) is 4.29. The van der Waals surface area contributed by atoms with Gasteiger partial charge >= 0.3 is 0 Å². The maximum atomic E-state index is 10.1. The highest BCUT2D eigenvalue weighted by molar-refractivity contribution is 7.99. The number of aliphatic hydroxyl groups is 1. The minimum atomic E-state index is -0.307. The molecule has 0 saturated carbocycles. The number of aliphatic hydroxyl groups excluding tert-OH is 1. The lowest BCUT2D eigenvalue weighted by molar-refractivity contribution is 0.174. The minimum absolute atomic E-state index is 0.307. The fraction of sp³-hybridized carbons (Fsp3) is 0.571. The van der Waals surface area contributed by atoms with Crippen LogP contribution in [0.2, 0.25) is 0 Å². The summed E-state index contributed by atoms with van der Waals surface area (Å²) in [5, 5.41) is 10.1. The van der Waals surface area contributed by atoms with Crippen molar-refractivity contribution in [3.05, 3.63) is 34.4 Å². The van der Waals surface area contributed by atoms with E-state index >= 15 is 0 Å². The van der Waals surface area contributed by atoms with Gasteiger partial charge in [-0.3, -0.25) is 0 Å². The molecular weight excluding hydrogens is 216 g/mol. The largest absolute Gasteiger partial charge is 0.388 e. The monoisotopic (exact) mass is 238 g/mol. The number of benzene rings is 1. The Labute approximate surface area is 103 Å². The molecule has 0 aromatic heterocycles. The lowest BCUT2D eigenvalue weighted by Gasteiger charge is -2.15. The number of thioether (sulfide) groups is 1. The molecular formula is C14H22OS. The van der Waals surface area contributed by atoms with Crippen molar-refractivity contribution in [2.45, 2.75) is 40.2 Å². The van der Waals surface area contributed by atoms with Crippen LogP contribution in [-0.4, -0.2) is 16.6 Å². The quantitative estimate of drug-likeness (QED) is 0.788. The van der Waals surface area contributed by atoms with E-state index in [1.165, 1.54) is 16.7 Å². The van der Waals surface area contributed by atoms with Crippen molar-refractivity contribution < 1.29 is 5.11 Å². The molecule has 0 spiro atoms. The Morgan fingerprint density at radius 1 is 1.12 bits per heavy atom. The molecule has 0 amide bonds. The first-order valence-corrected chi connectivity index (χ1v) is 7.05. The summed E-state index contributed by atoms with van der Waals surface area (Å²) in [5.41, 5.74) is 4.87. The average molecular weight is 238 g/mol.